The van der Waals surface area contributed by atoms with Gasteiger partial charge in [0.2, 0.25) is 10.0 Å². The van der Waals surface area contributed by atoms with E-state index in [9.17, 15) is 36.3 Å². The molecule has 0 bridgehead atoms. The zero-order valence-electron chi connectivity index (χ0n) is 32.3. The van der Waals surface area contributed by atoms with Gasteiger partial charge in [0.25, 0.3) is 16.0 Å². The summed E-state index contributed by atoms with van der Waals surface area (Å²) in [6.45, 7) is 4.42. The molecule has 4 aromatic rings. The number of sulfonamides is 1. The Balaban J connectivity index is 0.000000219. The van der Waals surface area contributed by atoms with Crippen LogP contribution >= 0.6 is 23.2 Å². The Bertz CT molecular complexity index is 2540. The number of esters is 2. The third-order valence-electron chi connectivity index (χ3n) is 8.82. The van der Waals surface area contributed by atoms with Crippen molar-refractivity contribution >= 4 is 61.2 Å². The average molecular weight is 906 g/mol. The van der Waals surface area contributed by atoms with Gasteiger partial charge in [0.05, 0.1) is 59.6 Å². The first-order valence-electron chi connectivity index (χ1n) is 17.8. The van der Waals surface area contributed by atoms with E-state index in [1.54, 1.807) is 80.6 Å². The van der Waals surface area contributed by atoms with Gasteiger partial charge in [-0.15, -0.1) is 0 Å². The topological polar surface area (TPSA) is 264 Å². The van der Waals surface area contributed by atoms with Crippen LogP contribution in [-0.2, 0) is 49.7 Å². The highest BCUT2D eigenvalue weighted by molar-refractivity contribution is 7.89. The number of primary sulfonamides is 1. The van der Waals surface area contributed by atoms with Crippen LogP contribution in [0.3, 0.4) is 0 Å². The second-order valence-corrected chi connectivity index (χ2v) is 16.5. The van der Waals surface area contributed by atoms with Crippen molar-refractivity contribution in [2.75, 3.05) is 33.5 Å². The maximum Gasteiger partial charge on any atom is 0.336 e. The smallest absolute Gasteiger partial charge is 0.336 e. The summed E-state index contributed by atoms with van der Waals surface area (Å²) < 4.78 is 68.1. The van der Waals surface area contributed by atoms with Crippen LogP contribution in [0.2, 0.25) is 10.0 Å². The predicted octanol–water partition coefficient (Wildman–Crippen LogP) is 4.12. The van der Waals surface area contributed by atoms with Crippen molar-refractivity contribution in [3.8, 4) is 0 Å². The molecule has 2 unspecified atom stereocenters. The lowest BCUT2D eigenvalue weighted by atomic mass is 9.80. The van der Waals surface area contributed by atoms with Gasteiger partial charge >= 0.3 is 11.9 Å². The van der Waals surface area contributed by atoms with E-state index in [0.29, 0.717) is 51.8 Å². The number of nitrogens with two attached hydrogens (primary N) is 2. The van der Waals surface area contributed by atoms with Gasteiger partial charge < -0.3 is 35.7 Å². The Morgan fingerprint density at radius 2 is 1.52 bits per heavy atom. The molecule has 16 nitrogen and oxygen atoms in total. The number of halogens is 2. The molecule has 20 heteroatoms. The van der Waals surface area contributed by atoms with E-state index in [4.69, 9.17) is 52.8 Å². The minimum Gasteiger partial charge on any atom is -0.466 e. The van der Waals surface area contributed by atoms with Gasteiger partial charge in [-0.05, 0) is 55.8 Å². The van der Waals surface area contributed by atoms with Crippen LogP contribution in [0.4, 0.5) is 0 Å². The Morgan fingerprint density at radius 1 is 0.883 bits per heavy atom. The maximum atomic E-state index is 12.9. The number of carbonyl (C=O) groups excluding carboxylic acids is 3. The van der Waals surface area contributed by atoms with Crippen LogP contribution in [0.5, 0.6) is 0 Å². The molecule has 0 aromatic heterocycles. The van der Waals surface area contributed by atoms with Crippen molar-refractivity contribution < 1.29 is 55.1 Å². The summed E-state index contributed by atoms with van der Waals surface area (Å²) >= 11 is 12.3. The number of amides is 1. The van der Waals surface area contributed by atoms with E-state index in [-0.39, 0.29) is 39.2 Å². The van der Waals surface area contributed by atoms with Gasteiger partial charge in [0, 0.05) is 34.0 Å². The zero-order chi connectivity index (χ0) is 44.4. The lowest BCUT2D eigenvalue weighted by Crippen LogP contribution is -2.40. The fraction of sp³-hybridized carbons (Fsp3) is 0.225. The number of carbonyl (C=O) groups is 3. The molecule has 1 amide bonds. The average Bonchev–Trinajstić information content (AvgIpc) is 3.47. The number of nitrogens with one attached hydrogen (secondary N) is 2. The molecule has 0 fully saturated rings. The second kappa shape index (κ2) is 20.4. The van der Waals surface area contributed by atoms with Crippen LogP contribution in [0, 0.1) is 0 Å². The number of methoxy groups -OCH3 is 1. The lowest BCUT2D eigenvalue weighted by Gasteiger charge is -2.31. The van der Waals surface area contributed by atoms with Gasteiger partial charge in [-0.1, -0.05) is 83.9 Å². The molecule has 2 aliphatic heterocycles. The number of hydrogen-bond acceptors (Lipinski definition) is 13. The van der Waals surface area contributed by atoms with Crippen molar-refractivity contribution in [2.45, 2.75) is 35.3 Å². The van der Waals surface area contributed by atoms with Gasteiger partial charge in [-0.3, -0.25) is 9.35 Å². The molecule has 0 saturated carbocycles. The Hall–Kier alpha value is -5.15. The number of fused-ring (bicyclic) bond motifs is 1. The first kappa shape index (κ1) is 47.5. The molecule has 0 aliphatic carbocycles. The molecule has 6 rings (SSSR count). The molecule has 60 heavy (non-hydrogen) atoms. The molecule has 2 aliphatic rings. The third kappa shape index (κ3) is 11.2. The second-order valence-electron chi connectivity index (χ2n) is 12.8. The molecular formula is C40H42Cl2N4O12S2. The minimum atomic E-state index is -4.06. The fourth-order valence-corrected chi connectivity index (χ4v) is 8.00. The van der Waals surface area contributed by atoms with Crippen molar-refractivity contribution in [3.63, 3.8) is 0 Å². The molecule has 0 radical (unpaired) electrons. The lowest BCUT2D eigenvalue weighted by molar-refractivity contribution is -0.139. The van der Waals surface area contributed by atoms with E-state index in [1.165, 1.54) is 31.4 Å². The highest BCUT2D eigenvalue weighted by atomic mass is 35.5. The van der Waals surface area contributed by atoms with Gasteiger partial charge in [0.1, 0.15) is 4.90 Å². The van der Waals surface area contributed by atoms with Gasteiger partial charge in [-0.2, -0.15) is 8.42 Å². The fourth-order valence-electron chi connectivity index (χ4n) is 6.18. The van der Waals surface area contributed by atoms with E-state index in [2.05, 4.69) is 10.6 Å². The SMILES string of the molecule is CCOC(=O)C1=C(COCCN)NC(C)=C(C(=O)OC)C1c1ccccc1Cl.NS(=O)(=O)c1cc(C2(O)NC(=O)c3ccccc32)ccc1Cl.O=S(=O)(O)c1ccccc1. The van der Waals surface area contributed by atoms with Gasteiger partial charge in [0.15, 0.2) is 5.72 Å². The standard InChI is InChI=1S/C20H25ClN2O5.C14H11ClN2O4S.C6H6O3S/c1-4-28-20(25)18-15(11-27-10-9-22)23-12(2)16(19(24)26-3)17(18)13-7-5-6-8-14(13)21;15-11-6-5-8(7-12(11)22(16,20)21)14(19)10-4-2-1-3-9(10)13(18)17-14;7-10(8,9)6-4-2-1-3-5-6/h5-8,17,23H,4,9-11,22H2,1-3H3;1-7,19H,(H,17,18)(H2,16,20,21);1-5H,(H,7,8,9). The number of rotatable bonds is 11. The Kier molecular flexibility index (Phi) is 16.2. The quantitative estimate of drug-likeness (QED) is 0.0703. The summed E-state index contributed by atoms with van der Waals surface area (Å²) in [4.78, 5) is 37.0. The normalized spacial score (nSPS) is 17.2. The van der Waals surface area contributed by atoms with Crippen LogP contribution in [0.1, 0.15) is 46.8 Å². The van der Waals surface area contributed by atoms with Crippen LogP contribution in [0.25, 0.3) is 0 Å². The molecule has 320 valence electrons. The summed E-state index contributed by atoms with van der Waals surface area (Å²) in [6.07, 6.45) is 0. The number of aliphatic hydroxyl groups is 1. The zero-order valence-corrected chi connectivity index (χ0v) is 35.5. The van der Waals surface area contributed by atoms with E-state index in [1.807, 2.05) is 0 Å². The molecule has 8 N–H and O–H groups in total. The summed E-state index contributed by atoms with van der Waals surface area (Å²) in [5, 5.41) is 21.9. The van der Waals surface area contributed by atoms with Gasteiger partial charge in [-0.25, -0.2) is 23.1 Å². The molecular weight excluding hydrogens is 863 g/mol. The van der Waals surface area contributed by atoms with E-state index >= 15 is 0 Å². The minimum absolute atomic E-state index is 0.0625. The largest absolute Gasteiger partial charge is 0.466 e. The van der Waals surface area contributed by atoms with Crippen LogP contribution in [-0.4, -0.2) is 77.8 Å². The summed E-state index contributed by atoms with van der Waals surface area (Å²) in [6, 6.07) is 24.8. The number of hydrogen-bond donors (Lipinski definition) is 6. The number of allylic oxidation sites excluding steroid dienone is 1. The molecule has 2 heterocycles. The molecule has 2 atom stereocenters. The summed E-state index contributed by atoms with van der Waals surface area (Å²) in [5.41, 5.74) is 6.67. The predicted molar refractivity (Wildman–Crippen MR) is 222 cm³/mol. The van der Waals surface area contributed by atoms with E-state index < -0.39 is 49.6 Å². The number of ether oxygens (including phenoxy) is 3. The third-order valence-corrected chi connectivity index (χ3v) is 11.4. The molecule has 4 aromatic carbocycles. The molecule has 0 spiro atoms. The van der Waals surface area contributed by atoms with Crippen molar-refractivity contribution in [2.24, 2.45) is 10.9 Å². The highest BCUT2D eigenvalue weighted by Gasteiger charge is 2.43. The number of benzene rings is 4. The van der Waals surface area contributed by atoms with Crippen molar-refractivity contribution in [3.05, 3.63) is 152 Å². The summed E-state index contributed by atoms with van der Waals surface area (Å²) in [7, 11) is -6.77. The summed E-state index contributed by atoms with van der Waals surface area (Å²) in [5.74, 6) is -2.32. The van der Waals surface area contributed by atoms with Crippen LogP contribution in [0.15, 0.2) is 129 Å². The molecule has 0 saturated heterocycles. The van der Waals surface area contributed by atoms with E-state index in [0.717, 1.165) is 6.07 Å². The number of dihydropyridines is 1. The van der Waals surface area contributed by atoms with Crippen LogP contribution < -0.4 is 21.5 Å². The first-order chi connectivity index (χ1) is 28.3. The monoisotopic (exact) mass is 904 g/mol. The Morgan fingerprint density at radius 3 is 2.10 bits per heavy atom. The Labute approximate surface area is 356 Å². The van der Waals surface area contributed by atoms with Crippen molar-refractivity contribution in [1.82, 2.24) is 10.6 Å². The first-order valence-corrected chi connectivity index (χ1v) is 21.5. The maximum absolute atomic E-state index is 12.9. The highest BCUT2D eigenvalue weighted by Crippen LogP contribution is 2.42. The van der Waals surface area contributed by atoms with Crippen molar-refractivity contribution in [1.29, 1.82) is 0 Å².